The van der Waals surface area contributed by atoms with Crippen molar-refractivity contribution in [1.29, 1.82) is 0 Å². The molecule has 0 bridgehead atoms. The molecule has 0 spiro atoms. The maximum absolute atomic E-state index is 9.20. The van der Waals surface area contributed by atoms with E-state index in [1.807, 2.05) is 13.8 Å². The summed E-state index contributed by atoms with van der Waals surface area (Å²) in [6.45, 7) is 6.58. The molecule has 0 amide bonds. The van der Waals surface area contributed by atoms with Gasteiger partial charge in [0.25, 0.3) is 0 Å². The van der Waals surface area contributed by atoms with E-state index in [1.165, 1.54) is 0 Å². The van der Waals surface area contributed by atoms with Crippen molar-refractivity contribution < 1.29 is 18.9 Å². The van der Waals surface area contributed by atoms with Crippen molar-refractivity contribution in [3.63, 3.8) is 0 Å². The second kappa shape index (κ2) is 13.2. The summed E-state index contributed by atoms with van der Waals surface area (Å²) >= 11 is 10.7. The number of hydrogen-bond acceptors (Lipinski definition) is 4. The van der Waals surface area contributed by atoms with Crippen molar-refractivity contribution in [2.45, 2.75) is 41.9 Å². The van der Waals surface area contributed by atoms with Crippen LogP contribution in [-0.2, 0) is 14.0 Å². The normalized spacial score (nSPS) is 18.3. The Morgan fingerprint density at radius 3 is 1.80 bits per heavy atom. The highest BCUT2D eigenvalue weighted by molar-refractivity contribution is 9.10. The largest absolute Gasteiger partial charge is 0.381 e. The third kappa shape index (κ3) is 9.67. The molecule has 122 valence electrons. The number of hydrogen-bond donors (Lipinski definition) is 1. The second-order valence-electron chi connectivity index (χ2n) is 4.43. The van der Waals surface area contributed by atoms with E-state index in [4.69, 9.17) is 14.0 Å². The molecule has 1 N–H and O–H groups in total. The molecule has 0 fully saturated rings. The minimum atomic E-state index is -0.534. The van der Waals surface area contributed by atoms with Gasteiger partial charge in [-0.2, -0.15) is 0 Å². The van der Waals surface area contributed by atoms with Gasteiger partial charge in [-0.15, -0.1) is 0 Å². The quantitative estimate of drug-likeness (QED) is 0.305. The van der Waals surface area contributed by atoms with Gasteiger partial charge in [-0.05, 0) is 26.7 Å². The maximum atomic E-state index is 9.20. The fourth-order valence-corrected chi connectivity index (χ4v) is 4.59. The zero-order chi connectivity index (χ0) is 15.4. The third-order valence-corrected chi connectivity index (χ3v) is 5.42. The number of ether oxygens (including phenoxy) is 2. The van der Waals surface area contributed by atoms with Gasteiger partial charge in [0.1, 0.15) is 0 Å². The molecular formula is C12H24Br3O4P. The van der Waals surface area contributed by atoms with E-state index in [9.17, 15) is 4.89 Å². The predicted octanol–water partition coefficient (Wildman–Crippen LogP) is 4.02. The fourth-order valence-electron chi connectivity index (χ4n) is 1.82. The third-order valence-electron chi connectivity index (χ3n) is 2.70. The molecule has 0 aromatic rings. The Morgan fingerprint density at radius 2 is 1.50 bits per heavy atom. The maximum Gasteiger partial charge on any atom is 0.152 e. The average molecular weight is 503 g/mol. The van der Waals surface area contributed by atoms with Crippen molar-refractivity contribution >= 4 is 56.8 Å². The van der Waals surface area contributed by atoms with Crippen molar-refractivity contribution in [2.75, 3.05) is 31.8 Å². The summed E-state index contributed by atoms with van der Waals surface area (Å²) in [5.41, 5.74) is -0.441. The van der Waals surface area contributed by atoms with Gasteiger partial charge >= 0.3 is 0 Å². The summed E-state index contributed by atoms with van der Waals surface area (Å²) in [5, 5.41) is 0.649. The zero-order valence-corrected chi connectivity index (χ0v) is 17.7. The van der Waals surface area contributed by atoms with Gasteiger partial charge in [0.15, 0.2) is 9.03 Å². The molecule has 20 heavy (non-hydrogen) atoms. The van der Waals surface area contributed by atoms with Crippen molar-refractivity contribution in [3.05, 3.63) is 0 Å². The van der Waals surface area contributed by atoms with Crippen LogP contribution in [-0.4, -0.2) is 51.9 Å². The molecule has 0 radical (unpaired) electrons. The van der Waals surface area contributed by atoms with Crippen LogP contribution in [0.1, 0.15) is 26.7 Å². The first-order valence-electron chi connectivity index (χ1n) is 6.60. The van der Waals surface area contributed by atoms with Crippen molar-refractivity contribution in [1.82, 2.24) is 0 Å². The number of halogens is 3. The molecule has 0 aliphatic rings. The second-order valence-corrected chi connectivity index (χ2v) is 7.97. The first-order chi connectivity index (χ1) is 9.53. The summed E-state index contributed by atoms with van der Waals surface area (Å²) in [5.74, 6) is 0. The van der Waals surface area contributed by atoms with E-state index in [0.717, 1.165) is 12.8 Å². The van der Waals surface area contributed by atoms with Crippen LogP contribution in [0.4, 0.5) is 0 Å². The summed E-state index contributed by atoms with van der Waals surface area (Å²) in [7, 11) is -0.534. The van der Waals surface area contributed by atoms with Crippen LogP contribution in [0.25, 0.3) is 0 Å². The van der Waals surface area contributed by atoms with Crippen LogP contribution in [0.15, 0.2) is 0 Å². The summed E-state index contributed by atoms with van der Waals surface area (Å²) < 4.78 is 16.5. The van der Waals surface area contributed by atoms with Gasteiger partial charge in [-0.25, -0.2) is 0 Å². The van der Waals surface area contributed by atoms with E-state index < -0.39 is 14.6 Å². The predicted molar refractivity (Wildman–Crippen MR) is 95.8 cm³/mol. The highest BCUT2D eigenvalue weighted by Crippen LogP contribution is 2.35. The first-order valence-corrected chi connectivity index (χ1v) is 10.4. The molecule has 0 saturated carbocycles. The summed E-state index contributed by atoms with van der Waals surface area (Å²) in [4.78, 5) is 9.57. The molecule has 0 aromatic carbocycles. The van der Waals surface area contributed by atoms with Crippen LogP contribution in [0, 0.1) is 0 Å². The van der Waals surface area contributed by atoms with Crippen LogP contribution in [0.5, 0.6) is 0 Å². The molecule has 8 heteroatoms. The molecule has 4 nitrogen and oxygen atoms in total. The smallest absolute Gasteiger partial charge is 0.152 e. The fraction of sp³-hybridized carbons (Fsp3) is 1.00. The van der Waals surface area contributed by atoms with Gasteiger partial charge in [-0.3, -0.25) is 0 Å². The van der Waals surface area contributed by atoms with E-state index in [-0.39, 0.29) is 9.65 Å². The van der Waals surface area contributed by atoms with Crippen LogP contribution >= 0.6 is 56.8 Å². The Hall–Kier alpha value is 1.71. The minimum absolute atomic E-state index is 0.183. The van der Waals surface area contributed by atoms with Crippen LogP contribution in [0.3, 0.4) is 0 Å². The highest BCUT2D eigenvalue weighted by atomic mass is 79.9. The Morgan fingerprint density at radius 1 is 1.05 bits per heavy atom. The number of rotatable bonds is 13. The van der Waals surface area contributed by atoms with Gasteiger partial charge in [0, 0.05) is 28.2 Å². The van der Waals surface area contributed by atoms with Crippen LogP contribution in [0.2, 0.25) is 0 Å². The highest BCUT2D eigenvalue weighted by Gasteiger charge is 2.35. The Balaban J connectivity index is 4.54. The molecule has 0 heterocycles. The van der Waals surface area contributed by atoms with Gasteiger partial charge < -0.3 is 18.9 Å². The van der Waals surface area contributed by atoms with E-state index in [1.54, 1.807) is 0 Å². The Labute approximate surface area is 149 Å². The number of alkyl halides is 3. The molecule has 0 saturated heterocycles. The van der Waals surface area contributed by atoms with Crippen LogP contribution < -0.4 is 0 Å². The van der Waals surface area contributed by atoms with Crippen molar-refractivity contribution in [2.24, 2.45) is 0 Å². The summed E-state index contributed by atoms with van der Waals surface area (Å²) in [6, 6.07) is 0. The molecule has 0 aromatic heterocycles. The average Bonchev–Trinajstić information content (AvgIpc) is 2.43. The lowest BCUT2D eigenvalue weighted by molar-refractivity contribution is 0.0583. The molecular weight excluding hydrogens is 479 g/mol. The van der Waals surface area contributed by atoms with Gasteiger partial charge in [0.05, 0.1) is 18.8 Å². The SMILES string of the molecule is CCOCC(Br)CC(CBr)(CC(Br)COCC)OPO. The lowest BCUT2D eigenvalue weighted by Crippen LogP contribution is -2.39. The minimum Gasteiger partial charge on any atom is -0.381 e. The summed E-state index contributed by atoms with van der Waals surface area (Å²) in [6.07, 6.45) is 1.50. The Bertz CT molecular complexity index is 221. The van der Waals surface area contributed by atoms with Gasteiger partial charge in [0.2, 0.25) is 0 Å². The van der Waals surface area contributed by atoms with E-state index >= 15 is 0 Å². The van der Waals surface area contributed by atoms with E-state index in [0.29, 0.717) is 31.8 Å². The lowest BCUT2D eigenvalue weighted by Gasteiger charge is -2.34. The van der Waals surface area contributed by atoms with E-state index in [2.05, 4.69) is 47.8 Å². The molecule has 0 aliphatic heterocycles. The monoisotopic (exact) mass is 500 g/mol. The zero-order valence-electron chi connectivity index (χ0n) is 11.9. The van der Waals surface area contributed by atoms with Gasteiger partial charge in [-0.1, -0.05) is 47.8 Å². The first kappa shape index (κ1) is 21.7. The van der Waals surface area contributed by atoms with Crippen molar-refractivity contribution in [3.8, 4) is 0 Å². The molecule has 3 atom stereocenters. The molecule has 0 rings (SSSR count). The topological polar surface area (TPSA) is 47.9 Å². The standard InChI is InChI=1S/C12H24Br3O4P/c1-3-17-7-10(14)5-12(9-13,19-20-16)6-11(15)8-18-4-2/h10-11,16,20H,3-9H2,1-2H3. The molecule has 3 unspecified atom stereocenters. The molecule has 0 aliphatic carbocycles. The Kier molecular flexibility index (Phi) is 14.3. The lowest BCUT2D eigenvalue weighted by atomic mass is 9.94.